The maximum Gasteiger partial charge on any atom is 0.253 e. The van der Waals surface area contributed by atoms with Crippen molar-refractivity contribution in [3.63, 3.8) is 0 Å². The fraction of sp³-hybridized carbons (Fsp3) is 0.533. The van der Waals surface area contributed by atoms with Crippen LogP contribution in [0.4, 0.5) is 11.4 Å². The Morgan fingerprint density at radius 1 is 1.45 bits per heavy atom. The van der Waals surface area contributed by atoms with E-state index in [2.05, 4.69) is 11.6 Å². The van der Waals surface area contributed by atoms with Gasteiger partial charge in [0, 0.05) is 31.0 Å². The molecule has 5 heteroatoms. The number of nitrogens with one attached hydrogen (secondary N) is 1. The molecule has 0 unspecified atom stereocenters. The number of carbonyl (C=O) groups is 1. The smallest absolute Gasteiger partial charge is 0.253 e. The average Bonchev–Trinajstić information content (AvgIpc) is 2.38. The van der Waals surface area contributed by atoms with Crippen LogP contribution in [0.15, 0.2) is 18.2 Å². The maximum absolute atomic E-state index is 11.9. The van der Waals surface area contributed by atoms with E-state index in [1.54, 1.807) is 25.1 Å². The molecule has 0 aromatic heterocycles. The fourth-order valence-electron chi connectivity index (χ4n) is 2.40. The predicted molar refractivity (Wildman–Crippen MR) is 87.5 cm³/mol. The molecular weight excluding hydrogens is 270 g/mol. The third kappa shape index (κ3) is 3.03. The van der Waals surface area contributed by atoms with Gasteiger partial charge in [0.1, 0.15) is 0 Å². The molecule has 1 amide bonds. The molecule has 1 aromatic carbocycles. The second kappa shape index (κ2) is 5.95. The minimum absolute atomic E-state index is 0.0252. The quantitative estimate of drug-likeness (QED) is 0.820. The lowest BCUT2D eigenvalue weighted by Crippen LogP contribution is -2.40. The van der Waals surface area contributed by atoms with Crippen LogP contribution in [0.3, 0.4) is 0 Å². The highest BCUT2D eigenvalue weighted by atomic mass is 32.2. The standard InChI is InChI=1S/C15H23N3OS/c1-18(2)14(19)11-5-6-13(12(16)9-11)17-10-15(20-3)7-4-8-15/h5-6,9,17H,4,7-8,10,16H2,1-3H3. The monoisotopic (exact) mass is 293 g/mol. The first-order valence-electron chi connectivity index (χ1n) is 6.88. The summed E-state index contributed by atoms with van der Waals surface area (Å²) in [5, 5.41) is 3.43. The van der Waals surface area contributed by atoms with Gasteiger partial charge in [0.2, 0.25) is 0 Å². The van der Waals surface area contributed by atoms with Crippen molar-refractivity contribution in [3.8, 4) is 0 Å². The van der Waals surface area contributed by atoms with Crippen LogP contribution in [-0.4, -0.2) is 42.4 Å². The van der Waals surface area contributed by atoms with Gasteiger partial charge in [-0.05, 0) is 37.3 Å². The van der Waals surface area contributed by atoms with Crippen LogP contribution in [0.1, 0.15) is 29.6 Å². The Hall–Kier alpha value is -1.36. The second-order valence-electron chi connectivity index (χ2n) is 5.60. The average molecular weight is 293 g/mol. The number of thioether (sulfide) groups is 1. The Labute approximate surface area is 125 Å². The van der Waals surface area contributed by atoms with E-state index in [-0.39, 0.29) is 5.91 Å². The SMILES string of the molecule is CSC1(CNc2ccc(C(=O)N(C)C)cc2N)CCC1. The molecule has 4 nitrogen and oxygen atoms in total. The van der Waals surface area contributed by atoms with Crippen LogP contribution < -0.4 is 11.1 Å². The van der Waals surface area contributed by atoms with Crippen LogP contribution in [-0.2, 0) is 0 Å². The topological polar surface area (TPSA) is 58.4 Å². The summed E-state index contributed by atoms with van der Waals surface area (Å²) in [7, 11) is 3.48. The molecule has 1 aliphatic carbocycles. The summed E-state index contributed by atoms with van der Waals surface area (Å²) in [4.78, 5) is 13.4. The molecule has 1 aromatic rings. The summed E-state index contributed by atoms with van der Waals surface area (Å²) >= 11 is 1.93. The van der Waals surface area contributed by atoms with Gasteiger partial charge < -0.3 is 16.0 Å². The Balaban J connectivity index is 2.04. The first kappa shape index (κ1) is 15.0. The van der Waals surface area contributed by atoms with Crippen LogP contribution in [0, 0.1) is 0 Å². The van der Waals surface area contributed by atoms with Crippen molar-refractivity contribution in [2.45, 2.75) is 24.0 Å². The molecule has 20 heavy (non-hydrogen) atoms. The van der Waals surface area contributed by atoms with Crippen molar-refractivity contribution in [3.05, 3.63) is 23.8 Å². The third-order valence-electron chi connectivity index (χ3n) is 4.00. The molecule has 0 heterocycles. The summed E-state index contributed by atoms with van der Waals surface area (Å²) in [5.41, 5.74) is 8.23. The first-order chi connectivity index (χ1) is 9.47. The molecule has 0 aliphatic heterocycles. The number of amides is 1. The van der Waals surface area contributed by atoms with Crippen LogP contribution in [0.2, 0.25) is 0 Å². The highest BCUT2D eigenvalue weighted by molar-refractivity contribution is 8.00. The normalized spacial score (nSPS) is 16.4. The van der Waals surface area contributed by atoms with Gasteiger partial charge in [-0.2, -0.15) is 11.8 Å². The zero-order chi connectivity index (χ0) is 14.8. The largest absolute Gasteiger partial charge is 0.397 e. The van der Waals surface area contributed by atoms with Gasteiger partial charge in [-0.3, -0.25) is 4.79 Å². The Morgan fingerprint density at radius 3 is 2.60 bits per heavy atom. The third-order valence-corrected chi connectivity index (χ3v) is 5.42. The lowest BCUT2D eigenvalue weighted by atomic mass is 9.84. The first-order valence-corrected chi connectivity index (χ1v) is 8.10. The van der Waals surface area contributed by atoms with Crippen LogP contribution in [0.5, 0.6) is 0 Å². The molecule has 1 fully saturated rings. The van der Waals surface area contributed by atoms with Crippen molar-refractivity contribution in [1.82, 2.24) is 4.90 Å². The van der Waals surface area contributed by atoms with Gasteiger partial charge in [-0.15, -0.1) is 0 Å². The number of hydrogen-bond donors (Lipinski definition) is 2. The fourth-order valence-corrected chi connectivity index (χ4v) is 3.31. The Morgan fingerprint density at radius 2 is 2.15 bits per heavy atom. The second-order valence-corrected chi connectivity index (χ2v) is 6.87. The molecule has 0 radical (unpaired) electrons. The summed E-state index contributed by atoms with van der Waals surface area (Å²) < 4.78 is 0.366. The van der Waals surface area contributed by atoms with Gasteiger partial charge in [-0.1, -0.05) is 6.42 Å². The van der Waals surface area contributed by atoms with Crippen molar-refractivity contribution in [1.29, 1.82) is 0 Å². The molecule has 0 atom stereocenters. The number of benzene rings is 1. The number of carbonyl (C=O) groups excluding carboxylic acids is 1. The Bertz CT molecular complexity index is 492. The van der Waals surface area contributed by atoms with E-state index < -0.39 is 0 Å². The molecule has 0 saturated heterocycles. The molecule has 1 saturated carbocycles. The van der Waals surface area contributed by atoms with Crippen LogP contribution >= 0.6 is 11.8 Å². The summed E-state index contributed by atoms with van der Waals surface area (Å²) in [6, 6.07) is 5.48. The van der Waals surface area contributed by atoms with Gasteiger partial charge in [0.15, 0.2) is 0 Å². The molecule has 0 bridgehead atoms. The number of nitrogen functional groups attached to an aromatic ring is 1. The molecule has 1 aliphatic rings. The van der Waals surface area contributed by atoms with Gasteiger partial charge in [0.25, 0.3) is 5.91 Å². The number of rotatable bonds is 5. The van der Waals surface area contributed by atoms with Crippen molar-refractivity contribution in [2.24, 2.45) is 0 Å². The van der Waals surface area contributed by atoms with Gasteiger partial charge in [-0.25, -0.2) is 0 Å². The minimum atomic E-state index is -0.0252. The number of nitrogens with zero attached hydrogens (tertiary/aromatic N) is 1. The number of anilines is 2. The van der Waals surface area contributed by atoms with Crippen LogP contribution in [0.25, 0.3) is 0 Å². The van der Waals surface area contributed by atoms with E-state index in [0.29, 0.717) is 16.0 Å². The zero-order valence-corrected chi connectivity index (χ0v) is 13.2. The highest BCUT2D eigenvalue weighted by Crippen LogP contribution is 2.43. The summed E-state index contributed by atoms with van der Waals surface area (Å²) in [6.45, 7) is 0.930. The lowest BCUT2D eigenvalue weighted by Gasteiger charge is -2.40. The van der Waals surface area contributed by atoms with Crippen molar-refractivity contribution < 1.29 is 4.79 Å². The highest BCUT2D eigenvalue weighted by Gasteiger charge is 2.35. The maximum atomic E-state index is 11.9. The summed E-state index contributed by atoms with van der Waals surface area (Å²) in [5.74, 6) is -0.0252. The summed E-state index contributed by atoms with van der Waals surface area (Å²) in [6.07, 6.45) is 6.01. The van der Waals surface area contributed by atoms with E-state index >= 15 is 0 Å². The lowest BCUT2D eigenvalue weighted by molar-refractivity contribution is 0.0827. The van der Waals surface area contributed by atoms with E-state index in [9.17, 15) is 4.79 Å². The predicted octanol–water partition coefficient (Wildman–Crippen LogP) is 2.67. The van der Waals surface area contributed by atoms with E-state index in [1.807, 2.05) is 23.9 Å². The number of nitrogens with two attached hydrogens (primary N) is 1. The molecule has 2 rings (SSSR count). The molecule has 110 valence electrons. The zero-order valence-electron chi connectivity index (χ0n) is 12.4. The van der Waals surface area contributed by atoms with Crippen molar-refractivity contribution >= 4 is 29.0 Å². The van der Waals surface area contributed by atoms with Gasteiger partial charge in [0.05, 0.1) is 11.4 Å². The molecular formula is C15H23N3OS. The van der Waals surface area contributed by atoms with E-state index in [4.69, 9.17) is 5.73 Å². The van der Waals surface area contributed by atoms with E-state index in [1.165, 1.54) is 19.3 Å². The molecule has 0 spiro atoms. The number of hydrogen-bond acceptors (Lipinski definition) is 4. The minimum Gasteiger partial charge on any atom is -0.397 e. The van der Waals surface area contributed by atoms with E-state index in [0.717, 1.165) is 12.2 Å². The Kier molecular flexibility index (Phi) is 4.48. The van der Waals surface area contributed by atoms with Crippen molar-refractivity contribution in [2.75, 3.05) is 37.9 Å². The van der Waals surface area contributed by atoms with Gasteiger partial charge >= 0.3 is 0 Å². The molecule has 3 N–H and O–H groups in total.